The molecule has 1 rings (SSSR count). The molecule has 0 saturated heterocycles. The first-order valence-corrected chi connectivity index (χ1v) is 2.69. The van der Waals surface area contributed by atoms with Gasteiger partial charge in [-0.05, 0) is 9.34 Å². The molecule has 3 nitrogen and oxygen atoms in total. The van der Waals surface area contributed by atoms with Gasteiger partial charge in [-0.25, -0.2) is 0 Å². The largest absolute Gasteiger partial charge is 0.592 e. The molecule has 0 radical (unpaired) electrons. The summed E-state index contributed by atoms with van der Waals surface area (Å²) in [5, 5.41) is 12.3. The Morgan fingerprint density at radius 3 is 2.40 bits per heavy atom. The van der Waals surface area contributed by atoms with Crippen molar-refractivity contribution in [3.63, 3.8) is 0 Å². The highest BCUT2D eigenvalue weighted by Crippen LogP contribution is 2.08. The molecule has 0 heterocycles. The van der Waals surface area contributed by atoms with Crippen molar-refractivity contribution in [1.29, 1.82) is 0 Å². The number of hydrogen-bond donors (Lipinski definition) is 0. The molecule has 52 valence electrons. The van der Waals surface area contributed by atoms with Crippen LogP contribution in [0.25, 0.3) is 0 Å². The van der Waals surface area contributed by atoms with Gasteiger partial charge in [0.1, 0.15) is 0 Å². The van der Waals surface area contributed by atoms with E-state index in [9.17, 15) is 9.69 Å². The van der Waals surface area contributed by atoms with Gasteiger partial charge >= 0.3 is 0 Å². The fraction of sp³-hybridized carbons (Fsp3) is 0. The summed E-state index contributed by atoms with van der Waals surface area (Å²) in [7, 11) is 0. The van der Waals surface area contributed by atoms with E-state index in [1.807, 2.05) is 5.34 Å². The van der Waals surface area contributed by atoms with Crippen molar-refractivity contribution in [2.24, 2.45) is 5.34 Å². The second-order valence-electron chi connectivity index (χ2n) is 1.68. The number of benzene rings is 1. The molecule has 0 saturated carbocycles. The van der Waals surface area contributed by atoms with Gasteiger partial charge in [0.2, 0.25) is 5.69 Å². The molecule has 0 fully saturated rings. The summed E-state index contributed by atoms with van der Waals surface area (Å²) in [5.74, 6) is 0. The number of hydrogen-bond acceptors (Lipinski definition) is 2. The minimum Gasteiger partial charge on any atom is -0.592 e. The third-order valence-corrected chi connectivity index (χ3v) is 1.05. The third-order valence-electron chi connectivity index (χ3n) is 1.05. The Morgan fingerprint density at radius 1 is 1.30 bits per heavy atom. The molecule has 0 atom stereocenters. The normalized spacial score (nSPS) is 11.5. The van der Waals surface area contributed by atoms with Crippen molar-refractivity contribution in [2.75, 3.05) is 0 Å². The molecular formula is C6H5FN2O. The van der Waals surface area contributed by atoms with E-state index < -0.39 is 0 Å². The highest BCUT2D eigenvalue weighted by molar-refractivity contribution is 5.27. The van der Waals surface area contributed by atoms with Gasteiger partial charge in [0.05, 0.1) is 0 Å². The van der Waals surface area contributed by atoms with Crippen LogP contribution in [-0.2, 0) is 0 Å². The van der Waals surface area contributed by atoms with Crippen LogP contribution in [0.3, 0.4) is 0 Å². The molecule has 0 spiro atoms. The van der Waals surface area contributed by atoms with Gasteiger partial charge in [-0.3, -0.25) is 0 Å². The van der Waals surface area contributed by atoms with E-state index in [2.05, 4.69) is 0 Å². The lowest BCUT2D eigenvalue weighted by molar-refractivity contribution is -0.462. The summed E-state index contributed by atoms with van der Waals surface area (Å²) in [6, 6.07) is 7.93. The van der Waals surface area contributed by atoms with Crippen molar-refractivity contribution < 1.29 is 9.34 Å². The summed E-state index contributed by atoms with van der Waals surface area (Å²) in [5.41, 5.74) is 0.185. The lowest BCUT2D eigenvalue weighted by Crippen LogP contribution is -1.86. The van der Waals surface area contributed by atoms with Crippen LogP contribution in [-0.4, -0.2) is 4.86 Å². The average molecular weight is 140 g/mol. The number of halogens is 1. The first-order valence-electron chi connectivity index (χ1n) is 2.69. The van der Waals surface area contributed by atoms with E-state index in [1.54, 1.807) is 18.2 Å². The first kappa shape index (κ1) is 6.67. The monoisotopic (exact) mass is 140 g/mol. The van der Waals surface area contributed by atoms with Gasteiger partial charge in [0.15, 0.2) is 5.34 Å². The van der Waals surface area contributed by atoms with Crippen LogP contribution in [0.15, 0.2) is 35.7 Å². The maximum absolute atomic E-state index is 11.3. The molecule has 0 aliphatic rings. The van der Waals surface area contributed by atoms with Gasteiger partial charge in [-0.2, -0.15) is 0 Å². The van der Waals surface area contributed by atoms with Crippen molar-refractivity contribution in [1.82, 2.24) is 0 Å². The molecule has 1 aromatic rings. The topological polar surface area (TPSA) is 38.4 Å². The van der Waals surface area contributed by atoms with Crippen LogP contribution in [0.5, 0.6) is 0 Å². The fourth-order valence-electron chi connectivity index (χ4n) is 0.599. The summed E-state index contributed by atoms with van der Waals surface area (Å²) in [4.78, 5) is -0.0833. The van der Waals surface area contributed by atoms with E-state index >= 15 is 0 Å². The van der Waals surface area contributed by atoms with Crippen LogP contribution < -0.4 is 0 Å². The summed E-state index contributed by atoms with van der Waals surface area (Å²) >= 11 is 0. The van der Waals surface area contributed by atoms with E-state index in [-0.39, 0.29) is 10.5 Å². The van der Waals surface area contributed by atoms with Crippen LogP contribution in [0, 0.1) is 5.21 Å². The smallest absolute Gasteiger partial charge is 0.247 e. The predicted octanol–water partition coefficient (Wildman–Crippen LogP) is 2.17. The van der Waals surface area contributed by atoms with Crippen molar-refractivity contribution in [2.45, 2.75) is 0 Å². The van der Waals surface area contributed by atoms with Crippen molar-refractivity contribution in [3.8, 4) is 0 Å². The lowest BCUT2D eigenvalue weighted by Gasteiger charge is -1.92. The molecular weight excluding hydrogens is 135 g/mol. The Kier molecular flexibility index (Phi) is 1.94. The zero-order valence-electron chi connectivity index (χ0n) is 5.07. The number of nitrogens with zero attached hydrogens (tertiary/aromatic N) is 2. The quantitative estimate of drug-likeness (QED) is 0.334. The molecule has 0 bridgehead atoms. The maximum atomic E-state index is 11.3. The molecule has 0 N–H and O–H groups in total. The molecule has 0 unspecified atom stereocenters. The second-order valence-corrected chi connectivity index (χ2v) is 1.68. The molecule has 0 aliphatic heterocycles. The third kappa shape index (κ3) is 1.28. The zero-order chi connectivity index (χ0) is 7.40. The van der Waals surface area contributed by atoms with E-state index in [0.717, 1.165) is 0 Å². The zero-order valence-corrected chi connectivity index (χ0v) is 5.07. The van der Waals surface area contributed by atoms with Gasteiger partial charge in [-0.1, -0.05) is 18.2 Å². The van der Waals surface area contributed by atoms with Gasteiger partial charge < -0.3 is 5.21 Å². The average Bonchev–Trinajstić information content (AvgIpc) is 2.05. The van der Waals surface area contributed by atoms with Crippen LogP contribution in [0.2, 0.25) is 0 Å². The maximum Gasteiger partial charge on any atom is 0.247 e. The predicted molar refractivity (Wildman–Crippen MR) is 33.3 cm³/mol. The molecule has 0 aliphatic carbocycles. The lowest BCUT2D eigenvalue weighted by atomic mass is 10.3. The molecule has 0 amide bonds. The van der Waals surface area contributed by atoms with Crippen LogP contribution >= 0.6 is 0 Å². The van der Waals surface area contributed by atoms with Crippen molar-refractivity contribution in [3.05, 3.63) is 35.5 Å². The van der Waals surface area contributed by atoms with Gasteiger partial charge in [0.25, 0.3) is 0 Å². The SMILES string of the molecule is [O-]/[N+](=N\F)c1ccccc1. The van der Waals surface area contributed by atoms with E-state index in [1.165, 1.54) is 12.1 Å². The number of para-hydroxylation sites is 1. The molecule has 0 aromatic heterocycles. The minimum atomic E-state index is -0.0833. The highest BCUT2D eigenvalue weighted by Gasteiger charge is 1.98. The second kappa shape index (κ2) is 2.91. The summed E-state index contributed by atoms with van der Waals surface area (Å²) in [6.07, 6.45) is 0. The Bertz CT molecular complexity index is 235. The fourth-order valence-corrected chi connectivity index (χ4v) is 0.599. The number of rotatable bonds is 1. The Balaban J connectivity index is 2.96. The standard InChI is InChI=1S/C6H5FN2O/c7-8-9(10)6-4-2-1-3-5-6/h1-5H/b9-8-. The Hall–Kier alpha value is -1.45. The van der Waals surface area contributed by atoms with Crippen molar-refractivity contribution >= 4 is 5.69 Å². The molecule has 4 heteroatoms. The Labute approximate surface area is 56.9 Å². The minimum absolute atomic E-state index is 0.0833. The molecule has 10 heavy (non-hydrogen) atoms. The van der Waals surface area contributed by atoms with Gasteiger partial charge in [-0.15, -0.1) is 0 Å². The summed E-state index contributed by atoms with van der Waals surface area (Å²) < 4.78 is 11.3. The summed E-state index contributed by atoms with van der Waals surface area (Å²) in [6.45, 7) is 0. The highest BCUT2D eigenvalue weighted by atomic mass is 19.2. The first-order chi connectivity index (χ1) is 4.84. The van der Waals surface area contributed by atoms with E-state index in [4.69, 9.17) is 0 Å². The Morgan fingerprint density at radius 2 is 1.90 bits per heavy atom. The van der Waals surface area contributed by atoms with Gasteiger partial charge in [0, 0.05) is 12.1 Å². The van der Waals surface area contributed by atoms with Crippen LogP contribution in [0.1, 0.15) is 0 Å². The van der Waals surface area contributed by atoms with E-state index in [0.29, 0.717) is 0 Å². The molecule has 1 aromatic carbocycles. The van der Waals surface area contributed by atoms with Crippen LogP contribution in [0.4, 0.5) is 10.2 Å².